The molecule has 4 rings (SSSR count). The standard InChI is InChI=1S/C25H27N3O6/c1-17(2)13-28(24(29)15-31-19-6-4-3-5-7-19)14-20-11-21(27-34-20)25(30)26-12-18-8-9-22-23(10-18)33-16-32-22/h3-11,17H,12-16H2,1-2H3,(H,26,30). The van der Waals surface area contributed by atoms with Crippen LogP contribution in [0.1, 0.15) is 35.7 Å². The van der Waals surface area contributed by atoms with Crippen LogP contribution in [0, 0.1) is 5.92 Å². The normalized spacial score (nSPS) is 12.0. The van der Waals surface area contributed by atoms with Crippen molar-refractivity contribution in [2.24, 2.45) is 5.92 Å². The topological polar surface area (TPSA) is 103 Å². The monoisotopic (exact) mass is 465 g/mol. The molecule has 9 heteroatoms. The summed E-state index contributed by atoms with van der Waals surface area (Å²) < 4.78 is 21.6. The van der Waals surface area contributed by atoms with E-state index in [9.17, 15) is 9.59 Å². The number of carbonyl (C=O) groups is 2. The van der Waals surface area contributed by atoms with E-state index >= 15 is 0 Å². The minimum atomic E-state index is -0.373. The first-order valence-electron chi connectivity index (χ1n) is 11.1. The Morgan fingerprint density at radius 2 is 1.88 bits per heavy atom. The highest BCUT2D eigenvalue weighted by molar-refractivity contribution is 5.92. The van der Waals surface area contributed by atoms with Crippen molar-refractivity contribution < 1.29 is 28.3 Å². The lowest BCUT2D eigenvalue weighted by atomic mass is 10.2. The van der Waals surface area contributed by atoms with Crippen LogP contribution in [0.3, 0.4) is 0 Å². The first-order chi connectivity index (χ1) is 16.5. The summed E-state index contributed by atoms with van der Waals surface area (Å²) in [4.78, 5) is 27.0. The number of para-hydroxylation sites is 1. The van der Waals surface area contributed by atoms with Gasteiger partial charge in [-0.05, 0) is 35.7 Å². The number of carbonyl (C=O) groups excluding carboxylic acids is 2. The Bertz CT molecular complexity index is 1130. The van der Waals surface area contributed by atoms with Crippen LogP contribution in [0.15, 0.2) is 59.1 Å². The average molecular weight is 466 g/mol. The van der Waals surface area contributed by atoms with Crippen LogP contribution in [0.2, 0.25) is 0 Å². The number of benzene rings is 2. The number of hydrogen-bond acceptors (Lipinski definition) is 7. The molecule has 2 amide bonds. The molecular formula is C25H27N3O6. The quantitative estimate of drug-likeness (QED) is 0.489. The van der Waals surface area contributed by atoms with E-state index in [4.69, 9.17) is 18.7 Å². The minimum absolute atomic E-state index is 0.0895. The summed E-state index contributed by atoms with van der Waals surface area (Å²) in [7, 11) is 0. The summed E-state index contributed by atoms with van der Waals surface area (Å²) in [6.45, 7) is 5.16. The summed E-state index contributed by atoms with van der Waals surface area (Å²) in [6, 6.07) is 16.2. The van der Waals surface area contributed by atoms with Gasteiger partial charge in [-0.1, -0.05) is 43.3 Å². The van der Waals surface area contributed by atoms with E-state index in [0.29, 0.717) is 36.1 Å². The number of nitrogens with one attached hydrogen (secondary N) is 1. The summed E-state index contributed by atoms with van der Waals surface area (Å²) in [6.07, 6.45) is 0. The van der Waals surface area contributed by atoms with Crippen molar-refractivity contribution in [2.75, 3.05) is 19.9 Å². The van der Waals surface area contributed by atoms with Crippen LogP contribution in [0.4, 0.5) is 0 Å². The number of rotatable bonds is 10. The van der Waals surface area contributed by atoms with Crippen LogP contribution in [0.25, 0.3) is 0 Å². The Morgan fingerprint density at radius 1 is 1.09 bits per heavy atom. The molecule has 3 aromatic rings. The number of fused-ring (bicyclic) bond motifs is 1. The van der Waals surface area contributed by atoms with E-state index < -0.39 is 0 Å². The Labute approximate surface area is 197 Å². The summed E-state index contributed by atoms with van der Waals surface area (Å²) in [5.74, 6) is 2.08. The highest BCUT2D eigenvalue weighted by Crippen LogP contribution is 2.32. The van der Waals surface area contributed by atoms with Gasteiger partial charge in [-0.2, -0.15) is 0 Å². The Kier molecular flexibility index (Phi) is 7.31. The first-order valence-corrected chi connectivity index (χ1v) is 11.1. The molecular weight excluding hydrogens is 438 g/mol. The van der Waals surface area contributed by atoms with Gasteiger partial charge in [0.15, 0.2) is 29.6 Å². The molecule has 34 heavy (non-hydrogen) atoms. The van der Waals surface area contributed by atoms with Gasteiger partial charge in [0.2, 0.25) is 6.79 Å². The van der Waals surface area contributed by atoms with Gasteiger partial charge in [-0.15, -0.1) is 0 Å². The summed E-state index contributed by atoms with van der Waals surface area (Å²) >= 11 is 0. The fourth-order valence-electron chi connectivity index (χ4n) is 3.45. The minimum Gasteiger partial charge on any atom is -0.484 e. The molecule has 1 aromatic heterocycles. The zero-order chi connectivity index (χ0) is 23.9. The van der Waals surface area contributed by atoms with E-state index in [1.165, 1.54) is 0 Å². The smallest absolute Gasteiger partial charge is 0.273 e. The molecule has 0 saturated heterocycles. The third kappa shape index (κ3) is 6.06. The lowest BCUT2D eigenvalue weighted by molar-refractivity contribution is -0.134. The van der Waals surface area contributed by atoms with Gasteiger partial charge in [0.05, 0.1) is 6.54 Å². The lowest BCUT2D eigenvalue weighted by Crippen LogP contribution is -2.37. The Balaban J connectivity index is 1.33. The van der Waals surface area contributed by atoms with Crippen LogP contribution in [-0.2, 0) is 17.9 Å². The fraction of sp³-hybridized carbons (Fsp3) is 0.320. The highest BCUT2D eigenvalue weighted by Gasteiger charge is 2.20. The van der Waals surface area contributed by atoms with Gasteiger partial charge in [-0.3, -0.25) is 9.59 Å². The van der Waals surface area contributed by atoms with Crippen LogP contribution < -0.4 is 19.5 Å². The number of aromatic nitrogens is 1. The first kappa shape index (κ1) is 23.2. The number of ether oxygens (including phenoxy) is 3. The van der Waals surface area contributed by atoms with Crippen molar-refractivity contribution in [3.05, 3.63) is 71.6 Å². The molecule has 1 aliphatic heterocycles. The van der Waals surface area contributed by atoms with Crippen LogP contribution in [0.5, 0.6) is 17.2 Å². The molecule has 1 aliphatic rings. The predicted octanol–water partition coefficient (Wildman–Crippen LogP) is 3.40. The second kappa shape index (κ2) is 10.7. The molecule has 0 spiro atoms. The molecule has 2 aromatic carbocycles. The second-order valence-corrected chi connectivity index (χ2v) is 8.32. The summed E-state index contributed by atoms with van der Waals surface area (Å²) in [5.41, 5.74) is 1.02. The molecule has 9 nitrogen and oxygen atoms in total. The van der Waals surface area contributed by atoms with Crippen molar-refractivity contribution in [3.63, 3.8) is 0 Å². The Hall–Kier alpha value is -4.01. The number of nitrogens with zero attached hydrogens (tertiary/aromatic N) is 2. The number of hydrogen-bond donors (Lipinski definition) is 1. The van der Waals surface area contributed by atoms with Crippen LogP contribution >= 0.6 is 0 Å². The highest BCUT2D eigenvalue weighted by atomic mass is 16.7. The molecule has 1 N–H and O–H groups in total. The molecule has 0 fully saturated rings. The van der Waals surface area contributed by atoms with Gasteiger partial charge >= 0.3 is 0 Å². The third-order valence-corrected chi connectivity index (χ3v) is 5.07. The predicted molar refractivity (Wildman–Crippen MR) is 122 cm³/mol. The molecule has 0 atom stereocenters. The largest absolute Gasteiger partial charge is 0.484 e. The van der Waals surface area contributed by atoms with Gasteiger partial charge < -0.3 is 29.0 Å². The van der Waals surface area contributed by atoms with E-state index in [1.807, 2.05) is 44.2 Å². The van der Waals surface area contributed by atoms with Crippen LogP contribution in [-0.4, -0.2) is 41.8 Å². The van der Waals surface area contributed by atoms with E-state index in [2.05, 4.69) is 10.5 Å². The zero-order valence-electron chi connectivity index (χ0n) is 19.2. The molecule has 0 radical (unpaired) electrons. The molecule has 0 unspecified atom stereocenters. The van der Waals surface area contributed by atoms with Gasteiger partial charge in [0.25, 0.3) is 11.8 Å². The van der Waals surface area contributed by atoms with E-state index in [-0.39, 0.29) is 43.4 Å². The van der Waals surface area contributed by atoms with Gasteiger partial charge in [0.1, 0.15) is 5.75 Å². The van der Waals surface area contributed by atoms with Crippen molar-refractivity contribution in [1.82, 2.24) is 15.4 Å². The third-order valence-electron chi connectivity index (χ3n) is 5.07. The molecule has 178 valence electrons. The Morgan fingerprint density at radius 3 is 2.68 bits per heavy atom. The number of amides is 2. The van der Waals surface area contributed by atoms with E-state index in [0.717, 1.165) is 5.56 Å². The summed E-state index contributed by atoms with van der Waals surface area (Å²) in [5, 5.41) is 6.68. The average Bonchev–Trinajstić information content (AvgIpc) is 3.50. The van der Waals surface area contributed by atoms with Gasteiger partial charge in [-0.25, -0.2) is 0 Å². The molecule has 0 bridgehead atoms. The van der Waals surface area contributed by atoms with E-state index in [1.54, 1.807) is 29.2 Å². The SMILES string of the molecule is CC(C)CN(Cc1cc(C(=O)NCc2ccc3c(c2)OCO3)no1)C(=O)COc1ccccc1. The maximum Gasteiger partial charge on any atom is 0.273 e. The maximum atomic E-state index is 12.8. The molecule has 0 aliphatic carbocycles. The molecule has 2 heterocycles. The maximum absolute atomic E-state index is 12.8. The van der Waals surface area contributed by atoms with Crippen molar-refractivity contribution in [2.45, 2.75) is 26.9 Å². The fourth-order valence-corrected chi connectivity index (χ4v) is 3.45. The second-order valence-electron chi connectivity index (χ2n) is 8.32. The van der Waals surface area contributed by atoms with Crippen molar-refractivity contribution in [1.29, 1.82) is 0 Å². The zero-order valence-corrected chi connectivity index (χ0v) is 19.2. The van der Waals surface area contributed by atoms with Gasteiger partial charge in [0, 0.05) is 19.2 Å². The van der Waals surface area contributed by atoms with Crippen molar-refractivity contribution >= 4 is 11.8 Å². The van der Waals surface area contributed by atoms with Crippen molar-refractivity contribution in [3.8, 4) is 17.2 Å². The molecule has 0 saturated carbocycles. The lowest BCUT2D eigenvalue weighted by Gasteiger charge is -2.23.